The summed E-state index contributed by atoms with van der Waals surface area (Å²) in [6, 6.07) is 0. The molecule has 3 heteroatoms. The molecule has 0 aliphatic rings. The molecular weight excluding hydrogens is 172 g/mol. The number of aliphatic hydroxyl groups is 1. The largest absolute Gasteiger partial charge is 0.393 e. The third-order valence-corrected chi connectivity index (χ3v) is 1.19. The molecule has 0 fully saturated rings. The van der Waals surface area contributed by atoms with Crippen molar-refractivity contribution in [2.75, 3.05) is 0 Å². The van der Waals surface area contributed by atoms with Crippen LogP contribution in [0.25, 0.3) is 0 Å². The van der Waals surface area contributed by atoms with Gasteiger partial charge in [0.1, 0.15) is 0 Å². The Bertz CT molecular complexity index is 82.5. The summed E-state index contributed by atoms with van der Waals surface area (Å²) in [6.45, 7) is 1.83. The Morgan fingerprint density at radius 1 is 1.88 bits per heavy atom. The fourth-order valence-electron chi connectivity index (χ4n) is 0.330. The van der Waals surface area contributed by atoms with Crippen LogP contribution >= 0.6 is 15.9 Å². The third-order valence-electron chi connectivity index (χ3n) is 0.867. The Labute approximate surface area is 57.0 Å². The lowest BCUT2D eigenvalue weighted by Crippen LogP contribution is -2.07. The minimum absolute atomic E-state index is 0.133. The summed E-state index contributed by atoms with van der Waals surface area (Å²) in [5.74, 6) is 0. The molecule has 1 atom stereocenters. The van der Waals surface area contributed by atoms with Crippen molar-refractivity contribution in [3.05, 3.63) is 0 Å². The number of carbonyl (C=O) groups is 1. The Hall–Kier alpha value is 0.110. The fourth-order valence-corrected chi connectivity index (χ4v) is 0.703. The Morgan fingerprint density at radius 3 is 2.50 bits per heavy atom. The minimum Gasteiger partial charge on any atom is -0.393 e. The summed E-state index contributed by atoms with van der Waals surface area (Å²) in [5, 5.41) is 8.78. The van der Waals surface area contributed by atoms with E-state index in [9.17, 15) is 4.79 Å². The molecule has 0 amide bonds. The van der Waals surface area contributed by atoms with E-state index in [2.05, 4.69) is 15.9 Å². The normalized spacial score (nSPS) is 13.4. The second-order valence-corrected chi connectivity index (χ2v) is 2.51. The van der Waals surface area contributed by atoms with Gasteiger partial charge in [0.25, 0.3) is 0 Å². The summed E-state index contributed by atoms with van der Waals surface area (Å²) in [5.41, 5.74) is 0. The van der Waals surface area contributed by atoms with Gasteiger partial charge in [0.2, 0.25) is 0 Å². The number of halogens is 1. The number of hydrogen-bond donors (Lipinski definition) is 1. The molecule has 0 unspecified atom stereocenters. The molecule has 0 aromatic heterocycles. The first-order valence-electron chi connectivity index (χ1n) is 2.53. The molecule has 0 spiro atoms. The van der Waals surface area contributed by atoms with Gasteiger partial charge in [0, 0.05) is 6.42 Å². The molecule has 0 aliphatic heterocycles. The maximum Gasteiger partial charge on any atom is 0.200 e. The van der Waals surface area contributed by atoms with Gasteiger partial charge in [-0.2, -0.15) is 0 Å². The first kappa shape index (κ1) is 8.11. The van der Waals surface area contributed by atoms with Crippen molar-refractivity contribution in [3.63, 3.8) is 0 Å². The van der Waals surface area contributed by atoms with Crippen LogP contribution in [-0.2, 0) is 4.79 Å². The van der Waals surface area contributed by atoms with E-state index in [0.29, 0.717) is 6.42 Å². The molecule has 0 bridgehead atoms. The van der Waals surface area contributed by atoms with Crippen LogP contribution in [0, 0.1) is 0 Å². The molecule has 48 valence electrons. The molecule has 0 aromatic carbocycles. The van der Waals surface area contributed by atoms with E-state index in [-0.39, 0.29) is 11.1 Å². The maximum absolute atomic E-state index is 10.2. The van der Waals surface area contributed by atoms with Crippen molar-refractivity contribution < 1.29 is 9.90 Å². The van der Waals surface area contributed by atoms with E-state index in [0.717, 1.165) is 0 Å². The predicted octanol–water partition coefficient (Wildman–Crippen LogP) is 1.07. The van der Waals surface area contributed by atoms with Crippen molar-refractivity contribution in [3.8, 4) is 0 Å². The van der Waals surface area contributed by atoms with Gasteiger partial charge in [-0.1, -0.05) is 6.92 Å². The summed E-state index contributed by atoms with van der Waals surface area (Å²) in [6.07, 6.45) is 0.385. The predicted molar refractivity (Wildman–Crippen MR) is 34.8 cm³/mol. The average Bonchev–Trinajstić information content (AvgIpc) is 1.65. The standard InChI is InChI=1S/C5H9BrO2/c1-2-4(7)3-5(6)8/h4,7H,2-3H2,1H3/t4-/m1/s1. The van der Waals surface area contributed by atoms with Gasteiger partial charge in [-0.05, 0) is 22.4 Å². The topological polar surface area (TPSA) is 37.3 Å². The number of hydrogen-bond acceptors (Lipinski definition) is 2. The van der Waals surface area contributed by atoms with Crippen molar-refractivity contribution in [2.24, 2.45) is 0 Å². The molecule has 0 aliphatic carbocycles. The second kappa shape index (κ2) is 4.04. The van der Waals surface area contributed by atoms with E-state index in [1.807, 2.05) is 6.92 Å². The van der Waals surface area contributed by atoms with Crippen LogP contribution < -0.4 is 0 Å². The number of carbonyl (C=O) groups excluding carboxylic acids is 1. The molecule has 0 saturated carbocycles. The molecule has 0 aromatic rings. The van der Waals surface area contributed by atoms with Crippen LogP contribution in [0.2, 0.25) is 0 Å². The highest BCUT2D eigenvalue weighted by atomic mass is 79.9. The van der Waals surface area contributed by atoms with Crippen LogP contribution in [0.15, 0.2) is 0 Å². The molecule has 2 nitrogen and oxygen atoms in total. The summed E-state index contributed by atoms with van der Waals surface area (Å²) >= 11 is 2.72. The Balaban J connectivity index is 3.24. The zero-order valence-electron chi connectivity index (χ0n) is 4.72. The summed E-state index contributed by atoms with van der Waals surface area (Å²) in [4.78, 5) is 10.2. The molecular formula is C5H9BrO2. The zero-order valence-corrected chi connectivity index (χ0v) is 6.31. The summed E-state index contributed by atoms with van der Waals surface area (Å²) in [7, 11) is 0. The van der Waals surface area contributed by atoms with Crippen LogP contribution in [-0.4, -0.2) is 15.9 Å². The molecule has 8 heavy (non-hydrogen) atoms. The van der Waals surface area contributed by atoms with Crippen molar-refractivity contribution in [1.82, 2.24) is 0 Å². The Morgan fingerprint density at radius 2 is 2.38 bits per heavy atom. The lowest BCUT2D eigenvalue weighted by molar-refractivity contribution is -0.112. The molecule has 1 N–H and O–H groups in total. The number of rotatable bonds is 3. The first-order chi connectivity index (χ1) is 3.66. The summed E-state index contributed by atoms with van der Waals surface area (Å²) < 4.78 is -0.133. The van der Waals surface area contributed by atoms with Gasteiger partial charge < -0.3 is 5.11 Å². The SMILES string of the molecule is CC[C@@H](O)CC(=O)Br. The van der Waals surface area contributed by atoms with Crippen molar-refractivity contribution in [2.45, 2.75) is 25.9 Å². The lowest BCUT2D eigenvalue weighted by Gasteiger charge is -2.00. The smallest absolute Gasteiger partial charge is 0.200 e. The highest BCUT2D eigenvalue weighted by molar-refractivity contribution is 9.18. The molecule has 0 rings (SSSR count). The van der Waals surface area contributed by atoms with E-state index in [1.165, 1.54) is 0 Å². The molecule has 0 radical (unpaired) electrons. The van der Waals surface area contributed by atoms with Crippen LogP contribution in [0.4, 0.5) is 0 Å². The highest BCUT2D eigenvalue weighted by Gasteiger charge is 2.03. The van der Waals surface area contributed by atoms with Crippen LogP contribution in [0.1, 0.15) is 19.8 Å². The van der Waals surface area contributed by atoms with Gasteiger partial charge in [0.15, 0.2) is 4.69 Å². The quantitative estimate of drug-likeness (QED) is 0.661. The van der Waals surface area contributed by atoms with Gasteiger partial charge >= 0.3 is 0 Å². The molecule has 0 saturated heterocycles. The maximum atomic E-state index is 10.2. The van der Waals surface area contributed by atoms with Crippen molar-refractivity contribution in [1.29, 1.82) is 0 Å². The third kappa shape index (κ3) is 4.27. The van der Waals surface area contributed by atoms with E-state index >= 15 is 0 Å². The average molecular weight is 181 g/mol. The lowest BCUT2D eigenvalue weighted by atomic mass is 10.2. The van der Waals surface area contributed by atoms with Gasteiger partial charge in [-0.3, -0.25) is 4.79 Å². The van der Waals surface area contributed by atoms with Gasteiger partial charge in [0.05, 0.1) is 6.10 Å². The van der Waals surface area contributed by atoms with Gasteiger partial charge in [-0.15, -0.1) is 0 Å². The van der Waals surface area contributed by atoms with E-state index in [4.69, 9.17) is 5.11 Å². The van der Waals surface area contributed by atoms with Gasteiger partial charge in [-0.25, -0.2) is 0 Å². The molecule has 0 heterocycles. The highest BCUT2D eigenvalue weighted by Crippen LogP contribution is 2.00. The van der Waals surface area contributed by atoms with E-state index in [1.54, 1.807) is 0 Å². The second-order valence-electron chi connectivity index (χ2n) is 1.62. The zero-order chi connectivity index (χ0) is 6.57. The van der Waals surface area contributed by atoms with Crippen LogP contribution in [0.3, 0.4) is 0 Å². The minimum atomic E-state index is -0.470. The fraction of sp³-hybridized carbons (Fsp3) is 0.800. The van der Waals surface area contributed by atoms with Crippen LogP contribution in [0.5, 0.6) is 0 Å². The monoisotopic (exact) mass is 180 g/mol. The van der Waals surface area contributed by atoms with Crippen molar-refractivity contribution >= 4 is 20.6 Å². The van der Waals surface area contributed by atoms with E-state index < -0.39 is 6.10 Å². The first-order valence-corrected chi connectivity index (χ1v) is 3.32. The Kier molecular flexibility index (Phi) is 4.09. The number of aliphatic hydroxyl groups excluding tert-OH is 1.